The average molecular weight is 493 g/mol. The first-order chi connectivity index (χ1) is 17.2. The van der Waals surface area contributed by atoms with E-state index >= 15 is 0 Å². The van der Waals surface area contributed by atoms with Crippen LogP contribution in [0.4, 0.5) is 0 Å². The van der Waals surface area contributed by atoms with Crippen LogP contribution in [0.5, 0.6) is 0 Å². The van der Waals surface area contributed by atoms with E-state index in [-0.39, 0.29) is 18.0 Å². The Kier molecular flexibility index (Phi) is 17.9. The van der Waals surface area contributed by atoms with Crippen LogP contribution in [-0.2, 0) is 14.3 Å². The minimum atomic E-state index is -0.113. The van der Waals surface area contributed by atoms with Crippen LogP contribution in [0.25, 0.3) is 0 Å². The first-order valence-electron chi connectivity index (χ1n) is 16.0. The Bertz CT molecular complexity index is 491. The summed E-state index contributed by atoms with van der Waals surface area (Å²) in [5, 5.41) is 0. The maximum Gasteiger partial charge on any atom is 0.309 e. The van der Waals surface area contributed by atoms with Crippen molar-refractivity contribution in [2.75, 3.05) is 6.61 Å². The number of esters is 1. The SMILES string of the molecule is CCCCCCCCCCCCCCCCC1CCC(C(=O)OC(C)COC2CCCCC2)CC1. The van der Waals surface area contributed by atoms with Crippen LogP contribution >= 0.6 is 0 Å². The summed E-state index contributed by atoms with van der Waals surface area (Å²) < 4.78 is 11.7. The molecule has 0 radical (unpaired) electrons. The van der Waals surface area contributed by atoms with Crippen molar-refractivity contribution in [1.82, 2.24) is 0 Å². The smallest absolute Gasteiger partial charge is 0.309 e. The van der Waals surface area contributed by atoms with Crippen molar-refractivity contribution >= 4 is 5.97 Å². The monoisotopic (exact) mass is 492 g/mol. The molecule has 0 saturated heterocycles. The van der Waals surface area contributed by atoms with Gasteiger partial charge in [0.05, 0.1) is 18.6 Å². The van der Waals surface area contributed by atoms with E-state index in [4.69, 9.17) is 9.47 Å². The van der Waals surface area contributed by atoms with Crippen LogP contribution in [0.1, 0.15) is 168 Å². The second-order valence-corrected chi connectivity index (χ2v) is 11.9. The van der Waals surface area contributed by atoms with E-state index < -0.39 is 0 Å². The highest BCUT2D eigenvalue weighted by atomic mass is 16.6. The third-order valence-corrected chi connectivity index (χ3v) is 8.58. The molecule has 206 valence electrons. The van der Waals surface area contributed by atoms with Crippen LogP contribution in [0.2, 0.25) is 0 Å². The van der Waals surface area contributed by atoms with Crippen LogP contribution in [-0.4, -0.2) is 24.8 Å². The molecule has 3 heteroatoms. The van der Waals surface area contributed by atoms with Gasteiger partial charge in [0.15, 0.2) is 0 Å². The molecule has 1 atom stereocenters. The topological polar surface area (TPSA) is 35.5 Å². The van der Waals surface area contributed by atoms with Gasteiger partial charge in [0.25, 0.3) is 0 Å². The Morgan fingerprint density at radius 1 is 0.686 bits per heavy atom. The Hall–Kier alpha value is -0.570. The maximum absolute atomic E-state index is 12.6. The van der Waals surface area contributed by atoms with E-state index in [0.29, 0.717) is 12.7 Å². The largest absolute Gasteiger partial charge is 0.460 e. The molecule has 0 aromatic heterocycles. The van der Waals surface area contributed by atoms with Crippen molar-refractivity contribution in [2.45, 2.75) is 180 Å². The first-order valence-corrected chi connectivity index (χ1v) is 16.0. The quantitative estimate of drug-likeness (QED) is 0.125. The van der Waals surface area contributed by atoms with E-state index in [1.165, 1.54) is 141 Å². The molecule has 0 bridgehead atoms. The van der Waals surface area contributed by atoms with Gasteiger partial charge < -0.3 is 9.47 Å². The Morgan fingerprint density at radius 2 is 1.20 bits per heavy atom. The van der Waals surface area contributed by atoms with E-state index in [1.54, 1.807) is 0 Å². The molecule has 2 aliphatic carbocycles. The fraction of sp³-hybridized carbons (Fsp3) is 0.969. The zero-order chi connectivity index (χ0) is 25.0. The van der Waals surface area contributed by atoms with E-state index in [9.17, 15) is 4.79 Å². The van der Waals surface area contributed by atoms with Crippen molar-refractivity contribution < 1.29 is 14.3 Å². The average Bonchev–Trinajstić information content (AvgIpc) is 2.88. The highest BCUT2D eigenvalue weighted by Gasteiger charge is 2.28. The predicted octanol–water partition coefficient (Wildman–Crippen LogP) is 9.95. The van der Waals surface area contributed by atoms with Gasteiger partial charge in [-0.2, -0.15) is 0 Å². The molecule has 1 unspecified atom stereocenters. The summed E-state index contributed by atoms with van der Waals surface area (Å²) in [6, 6.07) is 0. The number of ether oxygens (including phenoxy) is 2. The van der Waals surface area contributed by atoms with Crippen molar-refractivity contribution in [1.29, 1.82) is 0 Å². The summed E-state index contributed by atoms with van der Waals surface area (Å²) in [7, 11) is 0. The molecule has 0 spiro atoms. The lowest BCUT2D eigenvalue weighted by Crippen LogP contribution is -2.30. The molecule has 0 aliphatic heterocycles. The van der Waals surface area contributed by atoms with Gasteiger partial charge in [0.1, 0.15) is 6.10 Å². The molecule has 35 heavy (non-hydrogen) atoms. The lowest BCUT2D eigenvalue weighted by atomic mass is 9.79. The van der Waals surface area contributed by atoms with Gasteiger partial charge in [-0.25, -0.2) is 0 Å². The summed E-state index contributed by atoms with van der Waals surface area (Å²) in [6.07, 6.45) is 32.4. The highest BCUT2D eigenvalue weighted by molar-refractivity contribution is 5.72. The summed E-state index contributed by atoms with van der Waals surface area (Å²) in [5.41, 5.74) is 0. The molecule has 0 N–H and O–H groups in total. The van der Waals surface area contributed by atoms with Gasteiger partial charge in [-0.3, -0.25) is 4.79 Å². The fourth-order valence-electron chi connectivity index (χ4n) is 6.15. The third kappa shape index (κ3) is 15.3. The van der Waals surface area contributed by atoms with Crippen LogP contribution in [0.15, 0.2) is 0 Å². The summed E-state index contributed by atoms with van der Waals surface area (Å²) in [6.45, 7) is 4.84. The molecular formula is C32H60O3. The van der Waals surface area contributed by atoms with Crippen LogP contribution < -0.4 is 0 Å². The molecule has 3 nitrogen and oxygen atoms in total. The van der Waals surface area contributed by atoms with Gasteiger partial charge in [-0.1, -0.05) is 122 Å². The Balaban J connectivity index is 1.37. The van der Waals surface area contributed by atoms with Crippen LogP contribution in [0.3, 0.4) is 0 Å². The predicted molar refractivity (Wildman–Crippen MR) is 149 cm³/mol. The van der Waals surface area contributed by atoms with Crippen molar-refractivity contribution in [3.05, 3.63) is 0 Å². The van der Waals surface area contributed by atoms with Crippen LogP contribution in [0, 0.1) is 11.8 Å². The molecule has 2 fully saturated rings. The normalized spacial score (nSPS) is 22.2. The van der Waals surface area contributed by atoms with E-state index in [2.05, 4.69) is 6.92 Å². The van der Waals surface area contributed by atoms with Gasteiger partial charge in [0.2, 0.25) is 0 Å². The standard InChI is InChI=1S/C32H60O3/c1-3-4-5-6-7-8-9-10-11-12-13-14-15-17-20-29-23-25-30(26-24-29)32(33)35-28(2)27-34-31-21-18-16-19-22-31/h28-31H,3-27H2,1-2H3. The number of carbonyl (C=O) groups is 1. The molecule has 0 aromatic rings. The number of unbranched alkanes of at least 4 members (excludes halogenated alkanes) is 13. The third-order valence-electron chi connectivity index (χ3n) is 8.58. The summed E-state index contributed by atoms with van der Waals surface area (Å²) in [5.74, 6) is 0.989. The van der Waals surface area contributed by atoms with Crippen molar-refractivity contribution in [3.63, 3.8) is 0 Å². The highest BCUT2D eigenvalue weighted by Crippen LogP contribution is 2.33. The van der Waals surface area contributed by atoms with Gasteiger partial charge in [-0.05, 0) is 51.4 Å². The molecule has 0 amide bonds. The molecular weight excluding hydrogens is 432 g/mol. The number of hydrogen-bond donors (Lipinski definition) is 0. The molecule has 0 aromatic carbocycles. The van der Waals surface area contributed by atoms with Crippen molar-refractivity contribution in [2.24, 2.45) is 11.8 Å². The summed E-state index contributed by atoms with van der Waals surface area (Å²) in [4.78, 5) is 12.6. The molecule has 2 aliphatic rings. The number of rotatable bonds is 20. The maximum atomic E-state index is 12.6. The van der Waals surface area contributed by atoms with E-state index in [1.807, 2.05) is 6.92 Å². The van der Waals surface area contributed by atoms with Gasteiger partial charge in [-0.15, -0.1) is 0 Å². The Labute approximate surface area is 218 Å². The molecule has 0 heterocycles. The van der Waals surface area contributed by atoms with Gasteiger partial charge >= 0.3 is 5.97 Å². The van der Waals surface area contributed by atoms with Crippen molar-refractivity contribution in [3.8, 4) is 0 Å². The second-order valence-electron chi connectivity index (χ2n) is 11.9. The minimum absolute atomic E-state index is 0.0275. The fourth-order valence-corrected chi connectivity index (χ4v) is 6.15. The lowest BCUT2D eigenvalue weighted by molar-refractivity contribution is -0.159. The second kappa shape index (κ2) is 20.5. The number of carbonyl (C=O) groups excluding carboxylic acids is 1. The first kappa shape index (κ1) is 30.7. The number of hydrogen-bond acceptors (Lipinski definition) is 3. The molecule has 2 rings (SSSR count). The zero-order valence-corrected chi connectivity index (χ0v) is 23.7. The zero-order valence-electron chi connectivity index (χ0n) is 23.7. The van der Waals surface area contributed by atoms with E-state index in [0.717, 1.165) is 18.8 Å². The van der Waals surface area contributed by atoms with Gasteiger partial charge in [0, 0.05) is 0 Å². The summed E-state index contributed by atoms with van der Waals surface area (Å²) >= 11 is 0. The molecule has 2 saturated carbocycles. The lowest BCUT2D eigenvalue weighted by Gasteiger charge is -2.28. The Morgan fingerprint density at radius 3 is 1.74 bits per heavy atom. The minimum Gasteiger partial charge on any atom is -0.460 e.